The number of halogens is 1. The van der Waals surface area contributed by atoms with Gasteiger partial charge in [0.25, 0.3) is 0 Å². The molecule has 0 unspecified atom stereocenters. The Morgan fingerprint density at radius 1 is 1.26 bits per heavy atom. The maximum atomic E-state index is 6.02. The summed E-state index contributed by atoms with van der Waals surface area (Å²) in [6.45, 7) is 0.312. The van der Waals surface area contributed by atoms with Crippen LogP contribution < -0.4 is 15.4 Å². The van der Waals surface area contributed by atoms with Crippen LogP contribution >= 0.6 is 11.6 Å². The minimum absolute atomic E-state index is 0.312. The predicted octanol–water partition coefficient (Wildman–Crippen LogP) is 2.97. The lowest BCUT2D eigenvalue weighted by molar-refractivity contribution is 0.415. The van der Waals surface area contributed by atoms with Gasteiger partial charge in [-0.1, -0.05) is 23.7 Å². The van der Waals surface area contributed by atoms with Gasteiger partial charge in [-0.3, -0.25) is 0 Å². The second kappa shape index (κ2) is 5.91. The number of hydrogen-bond acceptors (Lipinski definition) is 4. The summed E-state index contributed by atoms with van der Waals surface area (Å²) in [4.78, 5) is 6.39. The summed E-state index contributed by atoms with van der Waals surface area (Å²) in [6.07, 6.45) is 0. The summed E-state index contributed by atoms with van der Waals surface area (Å²) in [5, 5.41) is 0.583. The van der Waals surface area contributed by atoms with Gasteiger partial charge in [-0.2, -0.15) is 0 Å². The van der Waals surface area contributed by atoms with E-state index in [-0.39, 0.29) is 0 Å². The fourth-order valence-electron chi connectivity index (χ4n) is 1.83. The highest BCUT2D eigenvalue weighted by Crippen LogP contribution is 2.31. The third-order valence-electron chi connectivity index (χ3n) is 2.89. The maximum Gasteiger partial charge on any atom is 0.142 e. The molecule has 1 aromatic carbocycles. The molecule has 0 amide bonds. The van der Waals surface area contributed by atoms with Crippen molar-refractivity contribution in [3.8, 4) is 5.75 Å². The molecule has 0 saturated heterocycles. The van der Waals surface area contributed by atoms with Crippen molar-refractivity contribution in [3.63, 3.8) is 0 Å². The van der Waals surface area contributed by atoms with E-state index >= 15 is 0 Å². The molecule has 100 valence electrons. The molecule has 1 aromatic heterocycles. The van der Waals surface area contributed by atoms with Gasteiger partial charge in [0.2, 0.25) is 0 Å². The number of methoxy groups -OCH3 is 1. The Morgan fingerprint density at radius 2 is 2.00 bits per heavy atom. The minimum Gasteiger partial charge on any atom is -0.495 e. The number of pyridine rings is 1. The molecular formula is C14H16ClN3O. The molecule has 0 fully saturated rings. The van der Waals surface area contributed by atoms with E-state index in [1.807, 2.05) is 42.3 Å². The number of aromatic nitrogens is 1. The topological polar surface area (TPSA) is 51.4 Å². The zero-order chi connectivity index (χ0) is 13.8. The van der Waals surface area contributed by atoms with Crippen molar-refractivity contribution in [1.82, 2.24) is 4.98 Å². The van der Waals surface area contributed by atoms with E-state index in [9.17, 15) is 0 Å². The van der Waals surface area contributed by atoms with Gasteiger partial charge in [-0.05, 0) is 24.3 Å². The minimum atomic E-state index is 0.312. The van der Waals surface area contributed by atoms with Crippen LogP contribution in [0, 0.1) is 0 Å². The third-order valence-corrected chi connectivity index (χ3v) is 3.23. The second-order valence-electron chi connectivity index (χ2n) is 4.03. The van der Waals surface area contributed by atoms with Crippen molar-refractivity contribution in [2.24, 2.45) is 5.73 Å². The molecule has 1 heterocycles. The quantitative estimate of drug-likeness (QED) is 0.933. The second-order valence-corrected chi connectivity index (χ2v) is 4.44. The summed E-state index contributed by atoms with van der Waals surface area (Å²) >= 11 is 6.02. The molecule has 4 nitrogen and oxygen atoms in total. The maximum absolute atomic E-state index is 6.02. The summed E-state index contributed by atoms with van der Waals surface area (Å²) in [7, 11) is 3.57. The molecule has 0 bridgehead atoms. The largest absolute Gasteiger partial charge is 0.495 e. The molecule has 0 saturated carbocycles. The Balaban J connectivity index is 2.41. The molecule has 0 aliphatic rings. The highest BCUT2D eigenvalue weighted by Gasteiger charge is 2.12. The lowest BCUT2D eigenvalue weighted by Gasteiger charge is -2.21. The number of nitrogens with two attached hydrogens (primary N) is 1. The Labute approximate surface area is 117 Å². The van der Waals surface area contributed by atoms with E-state index in [4.69, 9.17) is 22.1 Å². The van der Waals surface area contributed by atoms with Gasteiger partial charge >= 0.3 is 0 Å². The van der Waals surface area contributed by atoms with Crippen LogP contribution in [0.4, 0.5) is 11.5 Å². The van der Waals surface area contributed by atoms with Crippen LogP contribution in [-0.2, 0) is 6.54 Å². The first-order valence-electron chi connectivity index (χ1n) is 5.89. The first-order valence-corrected chi connectivity index (χ1v) is 6.27. The number of anilines is 2. The molecule has 0 radical (unpaired) electrons. The molecule has 2 N–H and O–H groups in total. The highest BCUT2D eigenvalue weighted by atomic mass is 35.5. The summed E-state index contributed by atoms with van der Waals surface area (Å²) in [6, 6.07) is 11.4. The van der Waals surface area contributed by atoms with Crippen LogP contribution in [-0.4, -0.2) is 19.1 Å². The van der Waals surface area contributed by atoms with Gasteiger partial charge in [0.1, 0.15) is 11.6 Å². The Kier molecular flexibility index (Phi) is 4.24. The number of para-hydroxylation sites is 2. The van der Waals surface area contributed by atoms with E-state index < -0.39 is 0 Å². The van der Waals surface area contributed by atoms with Gasteiger partial charge in [0, 0.05) is 13.6 Å². The standard InChI is InChI=1S/C14H16ClN3O/c1-18(12-5-3-4-6-13(12)19-2)14-8-7-10(15)11(9-16)17-14/h3-8H,9,16H2,1-2H3. The molecule has 5 heteroatoms. The SMILES string of the molecule is COc1ccccc1N(C)c1ccc(Cl)c(CN)n1. The third kappa shape index (κ3) is 2.80. The van der Waals surface area contributed by atoms with Gasteiger partial charge < -0.3 is 15.4 Å². The Morgan fingerprint density at radius 3 is 2.68 bits per heavy atom. The normalized spacial score (nSPS) is 10.3. The zero-order valence-corrected chi connectivity index (χ0v) is 11.7. The summed E-state index contributed by atoms with van der Waals surface area (Å²) < 4.78 is 5.35. The van der Waals surface area contributed by atoms with Gasteiger partial charge in [0.15, 0.2) is 0 Å². The van der Waals surface area contributed by atoms with Crippen LogP contribution in [0.25, 0.3) is 0 Å². The molecular weight excluding hydrogens is 262 g/mol. The van der Waals surface area contributed by atoms with Crippen molar-refractivity contribution in [1.29, 1.82) is 0 Å². The van der Waals surface area contributed by atoms with E-state index in [0.29, 0.717) is 17.3 Å². The fourth-order valence-corrected chi connectivity index (χ4v) is 2.02. The summed E-state index contributed by atoms with van der Waals surface area (Å²) in [5.41, 5.74) is 7.24. The van der Waals surface area contributed by atoms with Crippen LogP contribution in [0.3, 0.4) is 0 Å². The van der Waals surface area contributed by atoms with E-state index in [2.05, 4.69) is 4.98 Å². The van der Waals surface area contributed by atoms with Crippen LogP contribution in [0.1, 0.15) is 5.69 Å². The van der Waals surface area contributed by atoms with Crippen molar-refractivity contribution in [2.75, 3.05) is 19.1 Å². The van der Waals surface area contributed by atoms with Crippen LogP contribution in [0.15, 0.2) is 36.4 Å². The summed E-state index contributed by atoms with van der Waals surface area (Å²) in [5.74, 6) is 1.56. The number of benzene rings is 1. The fraction of sp³-hybridized carbons (Fsp3) is 0.214. The lowest BCUT2D eigenvalue weighted by Crippen LogP contribution is -2.14. The van der Waals surface area contributed by atoms with Crippen molar-refractivity contribution in [2.45, 2.75) is 6.54 Å². The molecule has 0 spiro atoms. The number of rotatable bonds is 4. The van der Waals surface area contributed by atoms with Crippen LogP contribution in [0.2, 0.25) is 5.02 Å². The Bertz CT molecular complexity index is 574. The van der Waals surface area contributed by atoms with E-state index in [0.717, 1.165) is 17.3 Å². The van der Waals surface area contributed by atoms with Gasteiger partial charge in [0.05, 0.1) is 23.5 Å². The average Bonchev–Trinajstić information content (AvgIpc) is 2.47. The number of nitrogens with zero attached hydrogens (tertiary/aromatic N) is 2. The molecule has 0 aliphatic carbocycles. The van der Waals surface area contributed by atoms with Crippen molar-refractivity contribution in [3.05, 3.63) is 47.1 Å². The Hall–Kier alpha value is -1.78. The molecule has 0 atom stereocenters. The molecule has 2 aromatic rings. The molecule has 19 heavy (non-hydrogen) atoms. The van der Waals surface area contributed by atoms with Crippen molar-refractivity contribution >= 4 is 23.1 Å². The van der Waals surface area contributed by atoms with E-state index in [1.165, 1.54) is 0 Å². The zero-order valence-electron chi connectivity index (χ0n) is 10.9. The molecule has 0 aliphatic heterocycles. The average molecular weight is 278 g/mol. The smallest absolute Gasteiger partial charge is 0.142 e. The monoisotopic (exact) mass is 277 g/mol. The predicted molar refractivity (Wildman–Crippen MR) is 78.2 cm³/mol. The number of hydrogen-bond donors (Lipinski definition) is 1. The first-order chi connectivity index (χ1) is 9.17. The van der Waals surface area contributed by atoms with Crippen LogP contribution in [0.5, 0.6) is 5.75 Å². The molecule has 2 rings (SSSR count). The first kappa shape index (κ1) is 13.6. The number of ether oxygens (including phenoxy) is 1. The van der Waals surface area contributed by atoms with Gasteiger partial charge in [-0.15, -0.1) is 0 Å². The van der Waals surface area contributed by atoms with Crippen molar-refractivity contribution < 1.29 is 4.74 Å². The van der Waals surface area contributed by atoms with E-state index in [1.54, 1.807) is 13.2 Å². The lowest BCUT2D eigenvalue weighted by atomic mass is 10.2. The van der Waals surface area contributed by atoms with Gasteiger partial charge in [-0.25, -0.2) is 4.98 Å². The highest BCUT2D eigenvalue weighted by molar-refractivity contribution is 6.31.